The van der Waals surface area contributed by atoms with Crippen LogP contribution in [0, 0.1) is 0 Å². The molecule has 1 aliphatic rings. The molecule has 0 spiro atoms. The third-order valence-corrected chi connectivity index (χ3v) is 6.24. The number of methoxy groups -OCH3 is 1. The quantitative estimate of drug-likeness (QED) is 0.460. The van der Waals surface area contributed by atoms with Gasteiger partial charge in [-0.3, -0.25) is 4.79 Å². The first kappa shape index (κ1) is 21.5. The van der Waals surface area contributed by atoms with Gasteiger partial charge in [-0.05, 0) is 54.8 Å². The van der Waals surface area contributed by atoms with Crippen molar-refractivity contribution < 1.29 is 9.53 Å². The van der Waals surface area contributed by atoms with E-state index in [1.54, 1.807) is 13.3 Å². The summed E-state index contributed by atoms with van der Waals surface area (Å²) in [7, 11) is 1.65. The highest BCUT2D eigenvalue weighted by atomic mass is 79.9. The Balaban J connectivity index is 1.59. The zero-order valence-electron chi connectivity index (χ0n) is 17.6. The number of anilines is 1. The fraction of sp³-hybridized carbons (Fsp3) is 0.320. The van der Waals surface area contributed by atoms with Crippen molar-refractivity contribution in [2.75, 3.05) is 12.4 Å². The molecule has 3 aromatic rings. The number of hydrogen-bond donors (Lipinski definition) is 1. The second-order valence-corrected chi connectivity index (χ2v) is 8.82. The lowest BCUT2D eigenvalue weighted by Gasteiger charge is -2.23. The Morgan fingerprint density at radius 1 is 1.06 bits per heavy atom. The number of hydrogen-bond acceptors (Lipinski definition) is 4. The van der Waals surface area contributed by atoms with E-state index in [4.69, 9.17) is 9.72 Å². The first-order chi connectivity index (χ1) is 15.1. The van der Waals surface area contributed by atoms with E-state index in [0.29, 0.717) is 18.2 Å². The summed E-state index contributed by atoms with van der Waals surface area (Å²) in [5.74, 6) is 1.64. The molecule has 0 aliphatic heterocycles. The summed E-state index contributed by atoms with van der Waals surface area (Å²) in [6, 6.07) is 15.6. The van der Waals surface area contributed by atoms with Gasteiger partial charge >= 0.3 is 0 Å². The van der Waals surface area contributed by atoms with Gasteiger partial charge in [0.1, 0.15) is 5.75 Å². The number of carbonyl (C=O) groups is 1. The molecule has 1 saturated carbocycles. The molecule has 0 saturated heterocycles. The van der Waals surface area contributed by atoms with Crippen LogP contribution in [0.25, 0.3) is 11.3 Å². The molecule has 31 heavy (non-hydrogen) atoms. The Morgan fingerprint density at radius 3 is 2.45 bits per heavy atom. The maximum atomic E-state index is 12.7. The number of halogens is 1. The summed E-state index contributed by atoms with van der Waals surface area (Å²) in [4.78, 5) is 22.3. The molecule has 0 radical (unpaired) electrons. The summed E-state index contributed by atoms with van der Waals surface area (Å²) in [5.41, 5.74) is 3.66. The molecular formula is C25H26BrN3O2. The highest BCUT2D eigenvalue weighted by molar-refractivity contribution is 9.10. The molecule has 2 aromatic carbocycles. The van der Waals surface area contributed by atoms with Crippen LogP contribution in [-0.2, 0) is 11.2 Å². The van der Waals surface area contributed by atoms with E-state index in [1.165, 1.54) is 19.3 Å². The van der Waals surface area contributed by atoms with Crippen LogP contribution < -0.4 is 10.1 Å². The fourth-order valence-corrected chi connectivity index (χ4v) is 4.29. The van der Waals surface area contributed by atoms with Crippen LogP contribution in [0.5, 0.6) is 5.75 Å². The van der Waals surface area contributed by atoms with Gasteiger partial charge in [0.15, 0.2) is 5.82 Å². The summed E-state index contributed by atoms with van der Waals surface area (Å²) < 4.78 is 6.25. The van der Waals surface area contributed by atoms with Crippen molar-refractivity contribution in [1.82, 2.24) is 9.97 Å². The Hall–Kier alpha value is -2.73. The molecule has 1 N–H and O–H groups in total. The van der Waals surface area contributed by atoms with Crippen LogP contribution in [0.15, 0.2) is 59.2 Å². The minimum atomic E-state index is -0.0779. The number of rotatable bonds is 6. The van der Waals surface area contributed by atoms with Crippen molar-refractivity contribution in [2.24, 2.45) is 0 Å². The largest absolute Gasteiger partial charge is 0.497 e. The Morgan fingerprint density at radius 2 is 1.77 bits per heavy atom. The van der Waals surface area contributed by atoms with Gasteiger partial charge in [-0.15, -0.1) is 0 Å². The van der Waals surface area contributed by atoms with E-state index in [9.17, 15) is 4.79 Å². The summed E-state index contributed by atoms with van der Waals surface area (Å²) >= 11 is 3.43. The Labute approximate surface area is 191 Å². The molecule has 4 rings (SSSR count). The number of aromatic nitrogens is 2. The minimum Gasteiger partial charge on any atom is -0.497 e. The number of carbonyl (C=O) groups excluding carboxylic acids is 1. The van der Waals surface area contributed by atoms with Gasteiger partial charge in [0, 0.05) is 16.0 Å². The number of nitrogens with zero attached hydrogens (tertiary/aromatic N) is 2. The van der Waals surface area contributed by atoms with Crippen LogP contribution in [0.2, 0.25) is 0 Å². The van der Waals surface area contributed by atoms with Crippen LogP contribution in [0.3, 0.4) is 0 Å². The van der Waals surface area contributed by atoms with Crippen molar-refractivity contribution in [1.29, 1.82) is 0 Å². The van der Waals surface area contributed by atoms with Crippen LogP contribution in [0.4, 0.5) is 5.82 Å². The van der Waals surface area contributed by atoms with Crippen molar-refractivity contribution in [2.45, 2.75) is 44.4 Å². The van der Waals surface area contributed by atoms with Crippen molar-refractivity contribution >= 4 is 27.7 Å². The van der Waals surface area contributed by atoms with Gasteiger partial charge in [0.25, 0.3) is 0 Å². The zero-order chi connectivity index (χ0) is 21.6. The second-order valence-electron chi connectivity index (χ2n) is 7.90. The molecule has 1 aromatic heterocycles. The molecule has 160 valence electrons. The highest BCUT2D eigenvalue weighted by Crippen LogP contribution is 2.36. The lowest BCUT2D eigenvalue weighted by molar-refractivity contribution is -0.115. The monoisotopic (exact) mass is 479 g/mol. The first-order valence-electron chi connectivity index (χ1n) is 10.7. The van der Waals surface area contributed by atoms with Crippen LogP contribution >= 0.6 is 15.9 Å². The van der Waals surface area contributed by atoms with E-state index in [2.05, 4.69) is 26.2 Å². The van der Waals surface area contributed by atoms with Gasteiger partial charge in [0.05, 0.1) is 31.1 Å². The van der Waals surface area contributed by atoms with E-state index in [1.807, 2.05) is 48.5 Å². The molecule has 0 atom stereocenters. The van der Waals surface area contributed by atoms with Gasteiger partial charge in [-0.25, -0.2) is 9.97 Å². The first-order valence-corrected chi connectivity index (χ1v) is 11.5. The summed E-state index contributed by atoms with van der Waals surface area (Å²) in [6.45, 7) is 0. The number of amides is 1. The van der Waals surface area contributed by atoms with E-state index in [0.717, 1.165) is 45.6 Å². The summed E-state index contributed by atoms with van der Waals surface area (Å²) in [6.07, 6.45) is 7.83. The van der Waals surface area contributed by atoms with Gasteiger partial charge in [0.2, 0.25) is 5.91 Å². The van der Waals surface area contributed by atoms with Crippen molar-refractivity contribution in [3.05, 3.63) is 70.5 Å². The number of ether oxygens (including phenoxy) is 1. The van der Waals surface area contributed by atoms with Crippen LogP contribution in [0.1, 0.15) is 49.3 Å². The van der Waals surface area contributed by atoms with Gasteiger partial charge in [-0.2, -0.15) is 0 Å². The maximum Gasteiger partial charge on any atom is 0.229 e. The normalized spacial score (nSPS) is 14.3. The van der Waals surface area contributed by atoms with E-state index < -0.39 is 0 Å². The Kier molecular flexibility index (Phi) is 6.97. The third kappa shape index (κ3) is 5.50. The average molecular weight is 480 g/mol. The van der Waals surface area contributed by atoms with E-state index in [-0.39, 0.29) is 5.91 Å². The zero-order valence-corrected chi connectivity index (χ0v) is 19.2. The van der Waals surface area contributed by atoms with Gasteiger partial charge in [-0.1, -0.05) is 47.3 Å². The topological polar surface area (TPSA) is 64.1 Å². The predicted molar refractivity (Wildman–Crippen MR) is 126 cm³/mol. The molecule has 1 fully saturated rings. The lowest BCUT2D eigenvalue weighted by atomic mass is 9.86. The van der Waals surface area contributed by atoms with Crippen LogP contribution in [-0.4, -0.2) is 23.0 Å². The molecule has 5 nitrogen and oxygen atoms in total. The van der Waals surface area contributed by atoms with Crippen molar-refractivity contribution in [3.63, 3.8) is 0 Å². The predicted octanol–water partition coefficient (Wildman–Crippen LogP) is 6.14. The Bertz CT molecular complexity index is 1030. The van der Waals surface area contributed by atoms with Gasteiger partial charge < -0.3 is 10.1 Å². The van der Waals surface area contributed by atoms with E-state index >= 15 is 0 Å². The third-order valence-electron chi connectivity index (χ3n) is 5.71. The number of benzene rings is 2. The molecular weight excluding hydrogens is 454 g/mol. The molecule has 0 bridgehead atoms. The SMILES string of the molecule is COc1ccc(-c2cnc(NC(=O)Cc3ccc(Br)cc3)c(C3CCCCC3)n2)cc1. The standard InChI is InChI=1S/C25H26BrN3O2/c1-31-21-13-9-18(10-14-21)22-16-27-25(24(28-22)19-5-3-2-4-6-19)29-23(30)15-17-7-11-20(26)12-8-17/h7-14,16,19H,2-6,15H2,1H3,(H,27,29,30). The lowest BCUT2D eigenvalue weighted by Crippen LogP contribution is -2.19. The highest BCUT2D eigenvalue weighted by Gasteiger charge is 2.23. The second kappa shape index (κ2) is 10.1. The number of nitrogens with one attached hydrogen (secondary N) is 1. The molecule has 1 aliphatic carbocycles. The average Bonchev–Trinajstić information content (AvgIpc) is 2.81. The molecule has 1 heterocycles. The van der Waals surface area contributed by atoms with Crippen molar-refractivity contribution in [3.8, 4) is 17.0 Å². The molecule has 0 unspecified atom stereocenters. The molecule has 1 amide bonds. The minimum absolute atomic E-state index is 0.0779. The molecule has 6 heteroatoms. The maximum absolute atomic E-state index is 12.7. The smallest absolute Gasteiger partial charge is 0.229 e. The summed E-state index contributed by atoms with van der Waals surface area (Å²) in [5, 5.41) is 3.02. The fourth-order valence-electron chi connectivity index (χ4n) is 4.03.